The average molecular weight is 504 g/mol. The molecule has 3 aromatic heterocycles. The summed E-state index contributed by atoms with van der Waals surface area (Å²) in [4.78, 5) is 31.2. The van der Waals surface area contributed by atoms with Gasteiger partial charge in [-0.25, -0.2) is 9.97 Å². The number of hydrogen-bond acceptors (Lipinski definition) is 9. The van der Waals surface area contributed by atoms with Crippen molar-refractivity contribution in [3.8, 4) is 17.1 Å². The summed E-state index contributed by atoms with van der Waals surface area (Å²) in [6, 6.07) is 12.9. The molecule has 37 heavy (non-hydrogen) atoms. The van der Waals surface area contributed by atoms with Gasteiger partial charge < -0.3 is 35.5 Å². The summed E-state index contributed by atoms with van der Waals surface area (Å²) in [7, 11) is 0. The molecule has 0 spiro atoms. The number of hydrogen-bond donors (Lipinski definition) is 5. The third-order valence-electron chi connectivity index (χ3n) is 6.16. The quantitative estimate of drug-likeness (QED) is 0.230. The Kier molecular flexibility index (Phi) is 7.54. The maximum absolute atomic E-state index is 12.8. The van der Waals surface area contributed by atoms with Gasteiger partial charge in [0.1, 0.15) is 11.4 Å². The standard InChI is InChI=1S/C26H29N7O4/c34-14-17(15-35)16-37-20-3-5-28-23(13-20)22-4-6-29-26(32-22)30-19-1-2-21-18(11-19)12-24(31-21)25(36)33-9-7-27-8-10-33/h1-6,11-13,17,27,31,34-35H,7-10,14-16H2,(H,29,30,32). The summed E-state index contributed by atoms with van der Waals surface area (Å²) in [6.07, 6.45) is 3.26. The molecule has 192 valence electrons. The van der Waals surface area contributed by atoms with Gasteiger partial charge in [-0.3, -0.25) is 9.78 Å². The highest BCUT2D eigenvalue weighted by atomic mass is 16.5. The minimum Gasteiger partial charge on any atom is -0.493 e. The van der Waals surface area contributed by atoms with Gasteiger partial charge >= 0.3 is 0 Å². The summed E-state index contributed by atoms with van der Waals surface area (Å²) >= 11 is 0. The lowest BCUT2D eigenvalue weighted by Crippen LogP contribution is -2.46. The Bertz CT molecular complexity index is 1370. The van der Waals surface area contributed by atoms with Crippen LogP contribution in [0.1, 0.15) is 10.5 Å². The first-order valence-electron chi connectivity index (χ1n) is 12.2. The summed E-state index contributed by atoms with van der Waals surface area (Å²) in [5.74, 6) is 0.623. The Hall–Kier alpha value is -4.06. The first-order chi connectivity index (χ1) is 18.1. The lowest BCUT2D eigenvalue weighted by atomic mass is 10.2. The largest absolute Gasteiger partial charge is 0.493 e. The van der Waals surface area contributed by atoms with E-state index in [1.807, 2.05) is 29.2 Å². The lowest BCUT2D eigenvalue weighted by Gasteiger charge is -2.26. The van der Waals surface area contributed by atoms with E-state index in [1.54, 1.807) is 30.6 Å². The van der Waals surface area contributed by atoms with Crippen LogP contribution in [-0.2, 0) is 0 Å². The molecule has 1 saturated heterocycles. The highest BCUT2D eigenvalue weighted by Gasteiger charge is 2.19. The fraction of sp³-hybridized carbons (Fsp3) is 0.308. The number of ether oxygens (including phenoxy) is 1. The molecule has 4 heterocycles. The number of H-pyrrole nitrogens is 1. The second-order valence-corrected chi connectivity index (χ2v) is 8.84. The van der Waals surface area contributed by atoms with Crippen molar-refractivity contribution in [1.82, 2.24) is 30.2 Å². The maximum atomic E-state index is 12.8. The minimum absolute atomic E-state index is 0.00481. The van der Waals surface area contributed by atoms with Crippen LogP contribution < -0.4 is 15.4 Å². The number of nitrogens with one attached hydrogen (secondary N) is 3. The summed E-state index contributed by atoms with van der Waals surface area (Å²) in [5.41, 5.74) is 3.45. The van der Waals surface area contributed by atoms with E-state index < -0.39 is 0 Å². The van der Waals surface area contributed by atoms with Gasteiger partial charge in [-0.05, 0) is 36.4 Å². The van der Waals surface area contributed by atoms with E-state index in [0.29, 0.717) is 41.9 Å². The molecule has 4 aromatic rings. The normalized spacial score (nSPS) is 13.8. The summed E-state index contributed by atoms with van der Waals surface area (Å²) in [5, 5.41) is 25.9. The molecule has 1 aliphatic heterocycles. The van der Waals surface area contributed by atoms with Gasteiger partial charge in [-0.1, -0.05) is 0 Å². The first kappa shape index (κ1) is 24.6. The number of carbonyl (C=O) groups is 1. The van der Waals surface area contributed by atoms with E-state index >= 15 is 0 Å². The molecule has 11 nitrogen and oxygen atoms in total. The van der Waals surface area contributed by atoms with Crippen LogP contribution in [0.4, 0.5) is 11.6 Å². The Morgan fingerprint density at radius 2 is 1.84 bits per heavy atom. The van der Waals surface area contributed by atoms with E-state index in [9.17, 15) is 15.0 Å². The zero-order valence-corrected chi connectivity index (χ0v) is 20.2. The fourth-order valence-electron chi connectivity index (χ4n) is 4.07. The molecule has 0 unspecified atom stereocenters. The van der Waals surface area contributed by atoms with Crippen LogP contribution in [0.5, 0.6) is 5.75 Å². The summed E-state index contributed by atoms with van der Waals surface area (Å²) in [6.45, 7) is 2.89. The van der Waals surface area contributed by atoms with Crippen LogP contribution in [0.3, 0.4) is 0 Å². The molecule has 1 aliphatic rings. The van der Waals surface area contributed by atoms with Gasteiger partial charge in [0, 0.05) is 67.1 Å². The molecule has 1 fully saturated rings. The van der Waals surface area contributed by atoms with Crippen molar-refractivity contribution in [1.29, 1.82) is 0 Å². The van der Waals surface area contributed by atoms with Crippen LogP contribution in [0.15, 0.2) is 54.9 Å². The highest BCUT2D eigenvalue weighted by molar-refractivity contribution is 5.98. The third kappa shape index (κ3) is 5.85. The number of rotatable bonds is 9. The number of aromatic nitrogens is 4. The van der Waals surface area contributed by atoms with Gasteiger partial charge in [0.05, 0.1) is 31.2 Å². The first-order valence-corrected chi connectivity index (χ1v) is 12.2. The Morgan fingerprint density at radius 1 is 1.03 bits per heavy atom. The Morgan fingerprint density at radius 3 is 2.65 bits per heavy atom. The third-order valence-corrected chi connectivity index (χ3v) is 6.16. The number of nitrogens with zero attached hydrogens (tertiary/aromatic N) is 4. The number of benzene rings is 1. The number of aromatic amines is 1. The van der Waals surface area contributed by atoms with Gasteiger partial charge in [0.25, 0.3) is 5.91 Å². The van der Waals surface area contributed by atoms with Crippen LogP contribution in [0, 0.1) is 5.92 Å². The molecule has 11 heteroatoms. The number of carbonyl (C=O) groups excluding carboxylic acids is 1. The SMILES string of the molecule is O=C(c1cc2cc(Nc3nccc(-c4cc(OCC(CO)CO)ccn4)n3)ccc2[nH]1)N1CCNCC1. The van der Waals surface area contributed by atoms with E-state index in [1.165, 1.54) is 0 Å². The zero-order valence-electron chi connectivity index (χ0n) is 20.2. The van der Waals surface area contributed by atoms with Gasteiger partial charge in [0.15, 0.2) is 0 Å². The van der Waals surface area contributed by atoms with Crippen molar-refractivity contribution in [3.63, 3.8) is 0 Å². The molecular formula is C26H29N7O4. The van der Waals surface area contributed by atoms with Crippen molar-refractivity contribution in [2.24, 2.45) is 5.92 Å². The molecule has 0 saturated carbocycles. The van der Waals surface area contributed by atoms with E-state index in [0.717, 1.165) is 29.7 Å². The molecule has 1 amide bonds. The van der Waals surface area contributed by atoms with Crippen molar-refractivity contribution >= 4 is 28.4 Å². The number of anilines is 2. The van der Waals surface area contributed by atoms with E-state index in [2.05, 4.69) is 30.6 Å². The number of aliphatic hydroxyl groups is 2. The molecule has 0 aliphatic carbocycles. The smallest absolute Gasteiger partial charge is 0.270 e. The lowest BCUT2D eigenvalue weighted by molar-refractivity contribution is 0.0731. The van der Waals surface area contributed by atoms with Gasteiger partial charge in [-0.15, -0.1) is 0 Å². The molecule has 0 radical (unpaired) electrons. The van der Waals surface area contributed by atoms with E-state index in [4.69, 9.17) is 4.74 Å². The number of fused-ring (bicyclic) bond motifs is 1. The monoisotopic (exact) mass is 503 g/mol. The highest BCUT2D eigenvalue weighted by Crippen LogP contribution is 2.25. The van der Waals surface area contributed by atoms with Crippen molar-refractivity contribution in [2.45, 2.75) is 0 Å². The fourth-order valence-corrected chi connectivity index (χ4v) is 4.07. The molecule has 5 rings (SSSR count). The van der Waals surface area contributed by atoms with E-state index in [-0.39, 0.29) is 31.6 Å². The molecule has 0 atom stereocenters. The molecule has 5 N–H and O–H groups in total. The minimum atomic E-state index is -0.347. The molecule has 1 aromatic carbocycles. The van der Waals surface area contributed by atoms with Crippen LogP contribution in [-0.4, -0.2) is 87.0 Å². The maximum Gasteiger partial charge on any atom is 0.270 e. The number of amides is 1. The Labute approximate surface area is 213 Å². The van der Waals surface area contributed by atoms with Crippen molar-refractivity contribution in [2.75, 3.05) is 51.3 Å². The topological polar surface area (TPSA) is 149 Å². The number of piperazine rings is 1. The predicted octanol–water partition coefficient (Wildman–Crippen LogP) is 1.79. The average Bonchev–Trinajstić information content (AvgIpc) is 3.37. The molecular weight excluding hydrogens is 474 g/mol. The second-order valence-electron chi connectivity index (χ2n) is 8.84. The second kappa shape index (κ2) is 11.3. The van der Waals surface area contributed by atoms with Crippen LogP contribution >= 0.6 is 0 Å². The zero-order chi connectivity index (χ0) is 25.6. The van der Waals surface area contributed by atoms with Gasteiger partial charge in [0.2, 0.25) is 5.95 Å². The summed E-state index contributed by atoms with van der Waals surface area (Å²) < 4.78 is 5.68. The predicted molar refractivity (Wildman–Crippen MR) is 139 cm³/mol. The van der Waals surface area contributed by atoms with Crippen molar-refractivity contribution < 1.29 is 19.7 Å². The Balaban J connectivity index is 1.30. The van der Waals surface area contributed by atoms with Crippen molar-refractivity contribution in [3.05, 3.63) is 60.6 Å². The van der Waals surface area contributed by atoms with Gasteiger partial charge in [-0.2, -0.15) is 0 Å². The number of aliphatic hydroxyl groups excluding tert-OH is 2. The van der Waals surface area contributed by atoms with Crippen LogP contribution in [0.2, 0.25) is 0 Å². The number of pyridine rings is 1. The molecule has 0 bridgehead atoms. The van der Waals surface area contributed by atoms with Crippen LogP contribution in [0.25, 0.3) is 22.3 Å².